The molecule has 1 aliphatic rings. The van der Waals surface area contributed by atoms with Gasteiger partial charge in [-0.05, 0) is 45.5 Å². The molecule has 0 bridgehead atoms. The van der Waals surface area contributed by atoms with E-state index in [9.17, 15) is 4.79 Å². The third-order valence-corrected chi connectivity index (χ3v) is 5.12. The Kier molecular flexibility index (Phi) is 6.06. The standard InChI is InChI=1S/C20H29N5O/c1-15-6-8-16(9-7-15)18(25-10-4-5-11-25)13-22-20(26)19(21-2)17-12-23-24(3)14-17/h6-9,12,14,18-19,21H,4-5,10-11,13H2,1-3H3,(H,22,26). The topological polar surface area (TPSA) is 62.2 Å². The maximum absolute atomic E-state index is 12.8. The van der Waals surface area contributed by atoms with Gasteiger partial charge in [-0.25, -0.2) is 0 Å². The van der Waals surface area contributed by atoms with Crippen LogP contribution in [-0.4, -0.2) is 47.3 Å². The molecule has 6 nitrogen and oxygen atoms in total. The fraction of sp³-hybridized carbons (Fsp3) is 0.500. The fourth-order valence-corrected chi connectivity index (χ4v) is 3.64. The highest BCUT2D eigenvalue weighted by atomic mass is 16.2. The van der Waals surface area contributed by atoms with Crippen molar-refractivity contribution < 1.29 is 4.79 Å². The molecule has 2 heterocycles. The van der Waals surface area contributed by atoms with E-state index in [0.717, 1.165) is 18.7 Å². The lowest BCUT2D eigenvalue weighted by Gasteiger charge is -2.29. The number of benzene rings is 1. The molecule has 0 aliphatic carbocycles. The van der Waals surface area contributed by atoms with Gasteiger partial charge in [0, 0.05) is 25.4 Å². The van der Waals surface area contributed by atoms with Gasteiger partial charge in [0.25, 0.3) is 0 Å². The molecule has 0 radical (unpaired) electrons. The van der Waals surface area contributed by atoms with E-state index in [4.69, 9.17) is 0 Å². The van der Waals surface area contributed by atoms with Crippen LogP contribution < -0.4 is 10.6 Å². The zero-order chi connectivity index (χ0) is 18.5. The van der Waals surface area contributed by atoms with Crippen LogP contribution in [0, 0.1) is 6.92 Å². The van der Waals surface area contributed by atoms with Gasteiger partial charge in [0.1, 0.15) is 6.04 Å². The second-order valence-electron chi connectivity index (χ2n) is 7.08. The Bertz CT molecular complexity index is 718. The number of nitrogens with zero attached hydrogens (tertiary/aromatic N) is 3. The van der Waals surface area contributed by atoms with Crippen molar-refractivity contribution in [1.82, 2.24) is 25.3 Å². The van der Waals surface area contributed by atoms with E-state index < -0.39 is 0 Å². The molecule has 26 heavy (non-hydrogen) atoms. The summed E-state index contributed by atoms with van der Waals surface area (Å²) in [4.78, 5) is 15.2. The number of aromatic nitrogens is 2. The van der Waals surface area contributed by atoms with E-state index in [0.29, 0.717) is 6.54 Å². The summed E-state index contributed by atoms with van der Waals surface area (Å²) in [6.45, 7) is 4.89. The lowest BCUT2D eigenvalue weighted by molar-refractivity contribution is -0.123. The molecule has 6 heteroatoms. The van der Waals surface area contributed by atoms with E-state index in [-0.39, 0.29) is 18.0 Å². The number of hydrogen-bond acceptors (Lipinski definition) is 4. The van der Waals surface area contributed by atoms with Gasteiger partial charge in [-0.3, -0.25) is 14.4 Å². The molecule has 1 fully saturated rings. The number of amides is 1. The first kappa shape index (κ1) is 18.6. The number of nitrogens with one attached hydrogen (secondary N) is 2. The zero-order valence-corrected chi connectivity index (χ0v) is 15.9. The van der Waals surface area contributed by atoms with Crippen molar-refractivity contribution in [2.75, 3.05) is 26.7 Å². The molecule has 1 aromatic carbocycles. The monoisotopic (exact) mass is 355 g/mol. The summed E-state index contributed by atoms with van der Waals surface area (Å²) in [5, 5.41) is 10.4. The smallest absolute Gasteiger partial charge is 0.241 e. The molecule has 2 atom stereocenters. The lowest BCUT2D eigenvalue weighted by atomic mass is 10.0. The summed E-state index contributed by atoms with van der Waals surface area (Å²) in [6.07, 6.45) is 6.06. The SMILES string of the molecule is CNC(C(=O)NCC(c1ccc(C)cc1)N1CCCC1)c1cnn(C)c1. The number of aryl methyl sites for hydroxylation is 2. The second kappa shape index (κ2) is 8.47. The minimum Gasteiger partial charge on any atom is -0.353 e. The van der Waals surface area contributed by atoms with E-state index in [1.807, 2.05) is 13.2 Å². The van der Waals surface area contributed by atoms with Crippen molar-refractivity contribution in [2.24, 2.45) is 7.05 Å². The zero-order valence-electron chi connectivity index (χ0n) is 15.9. The first-order chi connectivity index (χ1) is 12.6. The van der Waals surface area contributed by atoms with Gasteiger partial charge in [-0.15, -0.1) is 0 Å². The molecule has 1 amide bonds. The summed E-state index contributed by atoms with van der Waals surface area (Å²) in [7, 11) is 3.66. The summed E-state index contributed by atoms with van der Waals surface area (Å²) >= 11 is 0. The summed E-state index contributed by atoms with van der Waals surface area (Å²) in [5.41, 5.74) is 3.39. The Balaban J connectivity index is 1.70. The summed E-state index contributed by atoms with van der Waals surface area (Å²) in [6, 6.07) is 8.48. The summed E-state index contributed by atoms with van der Waals surface area (Å²) < 4.78 is 1.71. The van der Waals surface area contributed by atoms with Crippen molar-refractivity contribution in [3.63, 3.8) is 0 Å². The Morgan fingerprint density at radius 1 is 1.19 bits per heavy atom. The van der Waals surface area contributed by atoms with Gasteiger partial charge >= 0.3 is 0 Å². The maximum Gasteiger partial charge on any atom is 0.241 e. The minimum atomic E-state index is -0.388. The average molecular weight is 355 g/mol. The quantitative estimate of drug-likeness (QED) is 0.797. The highest BCUT2D eigenvalue weighted by Crippen LogP contribution is 2.25. The largest absolute Gasteiger partial charge is 0.353 e. The van der Waals surface area contributed by atoms with Gasteiger partial charge in [-0.1, -0.05) is 29.8 Å². The lowest BCUT2D eigenvalue weighted by Crippen LogP contribution is -2.41. The number of likely N-dealkylation sites (N-methyl/N-ethyl adjacent to an activating group) is 1. The van der Waals surface area contributed by atoms with Crippen LogP contribution in [0.2, 0.25) is 0 Å². The molecule has 140 valence electrons. The predicted octanol–water partition coefficient (Wildman–Crippen LogP) is 1.94. The molecule has 2 aromatic rings. The molecule has 3 rings (SSSR count). The van der Waals surface area contributed by atoms with E-state index in [2.05, 4.69) is 51.8 Å². The molecule has 0 spiro atoms. The molecule has 1 aliphatic heterocycles. The Hall–Kier alpha value is -2.18. The van der Waals surface area contributed by atoms with Crippen molar-refractivity contribution in [1.29, 1.82) is 0 Å². The van der Waals surface area contributed by atoms with Crippen LogP contribution in [0.5, 0.6) is 0 Å². The molecule has 2 N–H and O–H groups in total. The van der Waals surface area contributed by atoms with Gasteiger partial charge in [0.2, 0.25) is 5.91 Å². The Morgan fingerprint density at radius 2 is 1.88 bits per heavy atom. The number of carbonyl (C=O) groups is 1. The molecule has 0 saturated carbocycles. The van der Waals surface area contributed by atoms with Gasteiger partial charge in [0.05, 0.1) is 12.2 Å². The summed E-state index contributed by atoms with van der Waals surface area (Å²) in [5.74, 6) is -0.0168. The van der Waals surface area contributed by atoms with Gasteiger partial charge in [-0.2, -0.15) is 5.10 Å². The fourth-order valence-electron chi connectivity index (χ4n) is 3.64. The molecule has 2 unspecified atom stereocenters. The third kappa shape index (κ3) is 4.31. The third-order valence-electron chi connectivity index (χ3n) is 5.12. The van der Waals surface area contributed by atoms with Gasteiger partial charge < -0.3 is 10.6 Å². The normalized spacial score (nSPS) is 17.2. The van der Waals surface area contributed by atoms with Crippen LogP contribution in [0.1, 0.15) is 41.6 Å². The minimum absolute atomic E-state index is 0.0168. The van der Waals surface area contributed by atoms with Crippen LogP contribution >= 0.6 is 0 Å². The number of likely N-dealkylation sites (tertiary alicyclic amines) is 1. The maximum atomic E-state index is 12.8. The number of hydrogen-bond donors (Lipinski definition) is 2. The molecule has 1 saturated heterocycles. The second-order valence-corrected chi connectivity index (χ2v) is 7.08. The number of rotatable bonds is 7. The van der Waals surface area contributed by atoms with Crippen molar-refractivity contribution in [2.45, 2.75) is 31.8 Å². The van der Waals surface area contributed by atoms with E-state index in [1.54, 1.807) is 17.9 Å². The van der Waals surface area contributed by atoms with Crippen LogP contribution in [0.3, 0.4) is 0 Å². The molecular formula is C20H29N5O. The van der Waals surface area contributed by atoms with E-state index >= 15 is 0 Å². The first-order valence-electron chi connectivity index (χ1n) is 9.32. The van der Waals surface area contributed by atoms with Crippen molar-refractivity contribution in [3.8, 4) is 0 Å². The van der Waals surface area contributed by atoms with Gasteiger partial charge in [0.15, 0.2) is 0 Å². The Labute approximate surface area is 155 Å². The molecule has 1 aromatic heterocycles. The van der Waals surface area contributed by atoms with E-state index in [1.165, 1.54) is 24.0 Å². The first-order valence-corrected chi connectivity index (χ1v) is 9.32. The van der Waals surface area contributed by atoms with Crippen molar-refractivity contribution >= 4 is 5.91 Å². The predicted molar refractivity (Wildman–Crippen MR) is 103 cm³/mol. The van der Waals surface area contributed by atoms with Crippen LogP contribution in [0.15, 0.2) is 36.7 Å². The average Bonchev–Trinajstić information content (AvgIpc) is 3.30. The van der Waals surface area contributed by atoms with Crippen LogP contribution in [0.25, 0.3) is 0 Å². The van der Waals surface area contributed by atoms with Crippen LogP contribution in [-0.2, 0) is 11.8 Å². The highest BCUT2D eigenvalue weighted by molar-refractivity contribution is 5.83. The molecular weight excluding hydrogens is 326 g/mol. The number of carbonyl (C=O) groups excluding carboxylic acids is 1. The Morgan fingerprint density at radius 3 is 2.46 bits per heavy atom. The van der Waals surface area contributed by atoms with Crippen LogP contribution in [0.4, 0.5) is 0 Å². The van der Waals surface area contributed by atoms with Crippen molar-refractivity contribution in [3.05, 3.63) is 53.3 Å². The highest BCUT2D eigenvalue weighted by Gasteiger charge is 2.26.